The van der Waals surface area contributed by atoms with Gasteiger partial charge in [0.15, 0.2) is 0 Å². The van der Waals surface area contributed by atoms with Gasteiger partial charge >= 0.3 is 12.1 Å². The molecule has 2 rings (SSSR count). The van der Waals surface area contributed by atoms with Crippen LogP contribution in [0.4, 0.5) is 9.59 Å². The van der Waals surface area contributed by atoms with Crippen LogP contribution >= 0.6 is 0 Å². The first-order valence-corrected chi connectivity index (χ1v) is 14.1. The van der Waals surface area contributed by atoms with Gasteiger partial charge < -0.3 is 36.4 Å². The molecule has 0 heterocycles. The van der Waals surface area contributed by atoms with Crippen LogP contribution in [-0.4, -0.2) is 70.8 Å². The standard InChI is InChI=1S/C31H45N5O6/c1-21(2)18-36(29(40)35-31(3,4)5)19-26(37)24(16-22-12-8-6-9-13-22)33-28(39)25(17-27(32)38)34-30(41)42-20-23-14-10-7-11-15-23/h6-15,21,24-26,37H,16-20H2,1-5H3,(H2,32,38)(H,33,39)(H,34,41)(H,35,40)/t24-,25-,26+/m0/s1. The van der Waals surface area contributed by atoms with Gasteiger partial charge in [-0.25, -0.2) is 9.59 Å². The molecule has 0 fully saturated rings. The van der Waals surface area contributed by atoms with Crippen LogP contribution in [0.25, 0.3) is 0 Å². The molecule has 11 heteroatoms. The number of aliphatic hydroxyl groups is 1. The first-order valence-electron chi connectivity index (χ1n) is 14.1. The van der Waals surface area contributed by atoms with E-state index in [1.54, 1.807) is 24.3 Å². The van der Waals surface area contributed by atoms with E-state index in [0.29, 0.717) is 6.54 Å². The number of carbonyl (C=O) groups is 4. The summed E-state index contributed by atoms with van der Waals surface area (Å²) in [7, 11) is 0. The highest BCUT2D eigenvalue weighted by Gasteiger charge is 2.31. The van der Waals surface area contributed by atoms with E-state index < -0.39 is 48.1 Å². The number of nitrogens with two attached hydrogens (primary N) is 1. The lowest BCUT2D eigenvalue weighted by Crippen LogP contribution is -2.57. The van der Waals surface area contributed by atoms with Crippen LogP contribution in [-0.2, 0) is 27.4 Å². The molecule has 2 aromatic carbocycles. The van der Waals surface area contributed by atoms with Crippen LogP contribution in [0, 0.1) is 5.92 Å². The van der Waals surface area contributed by atoms with E-state index >= 15 is 0 Å². The summed E-state index contributed by atoms with van der Waals surface area (Å²) in [5.41, 5.74) is 6.46. The van der Waals surface area contributed by atoms with Gasteiger partial charge in [-0.05, 0) is 44.2 Å². The van der Waals surface area contributed by atoms with Crippen LogP contribution in [0.2, 0.25) is 0 Å². The van der Waals surface area contributed by atoms with Crippen molar-refractivity contribution in [2.45, 2.75) is 77.8 Å². The number of urea groups is 1. The molecule has 3 atom stereocenters. The number of benzene rings is 2. The number of aliphatic hydroxyl groups excluding tert-OH is 1. The van der Waals surface area contributed by atoms with Gasteiger partial charge in [0, 0.05) is 12.1 Å². The predicted octanol–water partition coefficient (Wildman–Crippen LogP) is 2.71. The van der Waals surface area contributed by atoms with E-state index in [0.717, 1.165) is 11.1 Å². The molecule has 0 aliphatic heterocycles. The molecule has 0 spiro atoms. The largest absolute Gasteiger partial charge is 0.445 e. The molecular formula is C31H45N5O6. The summed E-state index contributed by atoms with van der Waals surface area (Å²) in [6.45, 7) is 9.80. The van der Waals surface area contributed by atoms with Gasteiger partial charge in [-0.2, -0.15) is 0 Å². The maximum atomic E-state index is 13.4. The number of amides is 5. The minimum atomic E-state index is -1.34. The fourth-order valence-electron chi connectivity index (χ4n) is 4.19. The van der Waals surface area contributed by atoms with Gasteiger partial charge in [0.05, 0.1) is 25.1 Å². The van der Waals surface area contributed by atoms with Crippen molar-refractivity contribution >= 4 is 23.9 Å². The molecular weight excluding hydrogens is 538 g/mol. The Balaban J connectivity index is 2.21. The quantitative estimate of drug-likeness (QED) is 0.230. The average molecular weight is 584 g/mol. The molecule has 0 bridgehead atoms. The van der Waals surface area contributed by atoms with Crippen molar-refractivity contribution in [3.8, 4) is 0 Å². The normalized spacial score (nSPS) is 13.4. The highest BCUT2D eigenvalue weighted by Crippen LogP contribution is 2.12. The van der Waals surface area contributed by atoms with Crippen molar-refractivity contribution in [2.75, 3.05) is 13.1 Å². The molecule has 42 heavy (non-hydrogen) atoms. The van der Waals surface area contributed by atoms with Crippen molar-refractivity contribution in [2.24, 2.45) is 11.7 Å². The van der Waals surface area contributed by atoms with Crippen LogP contribution in [0.3, 0.4) is 0 Å². The Bertz CT molecular complexity index is 1150. The maximum Gasteiger partial charge on any atom is 0.408 e. The lowest BCUT2D eigenvalue weighted by Gasteiger charge is -2.34. The minimum absolute atomic E-state index is 0.0325. The Morgan fingerprint density at radius 3 is 2.00 bits per heavy atom. The first kappa shape index (κ1) is 34.1. The van der Waals surface area contributed by atoms with Gasteiger partial charge in [-0.15, -0.1) is 0 Å². The highest BCUT2D eigenvalue weighted by atomic mass is 16.5. The molecule has 0 saturated heterocycles. The fraction of sp³-hybridized carbons (Fsp3) is 0.484. The van der Waals surface area contributed by atoms with Gasteiger partial charge in [0.1, 0.15) is 12.6 Å². The Labute approximate surface area is 248 Å². The lowest BCUT2D eigenvalue weighted by atomic mass is 9.99. The first-order chi connectivity index (χ1) is 19.7. The van der Waals surface area contributed by atoms with Crippen LogP contribution < -0.4 is 21.7 Å². The third kappa shape index (κ3) is 13.0. The molecule has 0 aromatic heterocycles. The molecule has 2 aromatic rings. The van der Waals surface area contributed by atoms with Crippen molar-refractivity contribution in [1.82, 2.24) is 20.9 Å². The number of carbonyl (C=O) groups excluding carboxylic acids is 4. The number of rotatable bonds is 14. The van der Waals surface area contributed by atoms with Crippen molar-refractivity contribution in [3.63, 3.8) is 0 Å². The summed E-state index contributed by atoms with van der Waals surface area (Å²) in [5, 5.41) is 19.5. The zero-order chi connectivity index (χ0) is 31.3. The average Bonchev–Trinajstić information content (AvgIpc) is 2.90. The summed E-state index contributed by atoms with van der Waals surface area (Å²) < 4.78 is 5.21. The maximum absolute atomic E-state index is 13.4. The number of hydrogen-bond donors (Lipinski definition) is 5. The van der Waals surface area contributed by atoms with Gasteiger partial charge in [0.25, 0.3) is 0 Å². The summed E-state index contributed by atoms with van der Waals surface area (Å²) >= 11 is 0. The van der Waals surface area contributed by atoms with E-state index in [4.69, 9.17) is 10.5 Å². The summed E-state index contributed by atoms with van der Waals surface area (Å²) in [5.74, 6) is -1.41. The molecule has 0 aliphatic rings. The molecule has 5 amide bonds. The van der Waals surface area contributed by atoms with E-state index in [1.165, 1.54) is 4.90 Å². The van der Waals surface area contributed by atoms with Crippen LogP contribution in [0.5, 0.6) is 0 Å². The Morgan fingerprint density at radius 2 is 1.48 bits per heavy atom. The molecule has 0 unspecified atom stereocenters. The van der Waals surface area contributed by atoms with E-state index in [2.05, 4.69) is 16.0 Å². The molecule has 230 valence electrons. The predicted molar refractivity (Wildman–Crippen MR) is 160 cm³/mol. The molecule has 0 saturated carbocycles. The highest BCUT2D eigenvalue weighted by molar-refractivity contribution is 5.90. The van der Waals surface area contributed by atoms with E-state index in [-0.39, 0.29) is 31.5 Å². The Hall–Kier alpha value is -4.12. The monoisotopic (exact) mass is 583 g/mol. The minimum Gasteiger partial charge on any atom is -0.445 e. The zero-order valence-corrected chi connectivity index (χ0v) is 25.1. The lowest BCUT2D eigenvalue weighted by molar-refractivity contribution is -0.128. The number of ether oxygens (including phenoxy) is 1. The third-order valence-corrected chi connectivity index (χ3v) is 6.08. The smallest absolute Gasteiger partial charge is 0.408 e. The van der Waals surface area contributed by atoms with E-state index in [9.17, 15) is 24.3 Å². The summed E-state index contributed by atoms with van der Waals surface area (Å²) in [6.07, 6.45) is -2.33. The Morgan fingerprint density at radius 1 is 0.905 bits per heavy atom. The topological polar surface area (TPSA) is 163 Å². The third-order valence-electron chi connectivity index (χ3n) is 6.08. The van der Waals surface area contributed by atoms with E-state index in [1.807, 2.05) is 71.0 Å². The molecule has 0 aliphatic carbocycles. The molecule has 6 N–H and O–H groups in total. The van der Waals surface area contributed by atoms with Crippen molar-refractivity contribution < 1.29 is 29.0 Å². The number of hydrogen-bond acceptors (Lipinski definition) is 6. The molecule has 0 radical (unpaired) electrons. The zero-order valence-electron chi connectivity index (χ0n) is 25.1. The SMILES string of the molecule is CC(C)CN(C[C@@H](O)[C@H](Cc1ccccc1)NC(=O)[C@H](CC(N)=O)NC(=O)OCc1ccccc1)C(=O)NC(C)(C)C. The van der Waals surface area contributed by atoms with Gasteiger partial charge in [-0.3, -0.25) is 9.59 Å². The van der Waals surface area contributed by atoms with Crippen LogP contribution in [0.1, 0.15) is 52.2 Å². The van der Waals surface area contributed by atoms with Crippen molar-refractivity contribution in [3.05, 3.63) is 71.8 Å². The van der Waals surface area contributed by atoms with Crippen molar-refractivity contribution in [1.29, 1.82) is 0 Å². The number of alkyl carbamates (subject to hydrolysis) is 1. The summed E-state index contributed by atoms with van der Waals surface area (Å²) in [6, 6.07) is 15.7. The number of nitrogens with zero attached hydrogens (tertiary/aromatic N) is 1. The summed E-state index contributed by atoms with van der Waals surface area (Å²) in [4.78, 5) is 52.2. The van der Waals surface area contributed by atoms with Gasteiger partial charge in [-0.1, -0.05) is 74.5 Å². The van der Waals surface area contributed by atoms with Gasteiger partial charge in [0.2, 0.25) is 11.8 Å². The molecule has 11 nitrogen and oxygen atoms in total. The second kappa shape index (κ2) is 16.4. The number of nitrogens with one attached hydrogen (secondary N) is 3. The second-order valence-corrected chi connectivity index (χ2v) is 11.8. The second-order valence-electron chi connectivity index (χ2n) is 11.8. The fourth-order valence-corrected chi connectivity index (χ4v) is 4.19. The van der Waals surface area contributed by atoms with Crippen LogP contribution in [0.15, 0.2) is 60.7 Å². The Kier molecular flexibility index (Phi) is 13.3. The number of primary amides is 1.